The van der Waals surface area contributed by atoms with Crippen LogP contribution in [0.5, 0.6) is 0 Å². The van der Waals surface area contributed by atoms with Gasteiger partial charge in [0.1, 0.15) is 11.5 Å². The third kappa shape index (κ3) is 3.54. The Morgan fingerprint density at radius 1 is 1.08 bits per heavy atom. The zero-order valence-electron chi connectivity index (χ0n) is 14.3. The molecule has 0 bridgehead atoms. The molecule has 26 heavy (non-hydrogen) atoms. The summed E-state index contributed by atoms with van der Waals surface area (Å²) in [5.41, 5.74) is 1.85. The van der Waals surface area contributed by atoms with Crippen molar-refractivity contribution in [2.75, 3.05) is 31.6 Å². The largest absolute Gasteiger partial charge is 0.355 e. The van der Waals surface area contributed by atoms with Crippen LogP contribution in [0, 0.1) is 5.82 Å². The van der Waals surface area contributed by atoms with Gasteiger partial charge in [-0.15, -0.1) is 0 Å². The first-order valence-corrected chi connectivity index (χ1v) is 8.69. The third-order valence-electron chi connectivity index (χ3n) is 4.74. The molecule has 6 nitrogen and oxygen atoms in total. The molecule has 136 valence electrons. The van der Waals surface area contributed by atoms with Crippen molar-refractivity contribution in [3.05, 3.63) is 54.1 Å². The van der Waals surface area contributed by atoms with E-state index < -0.39 is 5.79 Å². The van der Waals surface area contributed by atoms with Gasteiger partial charge in [0, 0.05) is 43.5 Å². The van der Waals surface area contributed by atoms with Crippen molar-refractivity contribution in [1.29, 1.82) is 0 Å². The Hall–Kier alpha value is -2.51. The molecule has 2 aromatic rings. The summed E-state index contributed by atoms with van der Waals surface area (Å²) in [5, 5.41) is 3.15. The number of nitrogens with one attached hydrogen (secondary N) is 1. The van der Waals surface area contributed by atoms with Crippen molar-refractivity contribution in [3.63, 3.8) is 0 Å². The highest BCUT2D eigenvalue weighted by Crippen LogP contribution is 2.31. The number of benzene rings is 1. The molecule has 0 aliphatic carbocycles. The summed E-state index contributed by atoms with van der Waals surface area (Å²) in [7, 11) is 0. The van der Waals surface area contributed by atoms with Crippen LogP contribution < -0.4 is 5.32 Å². The molecule has 1 spiro atoms. The highest BCUT2D eigenvalue weighted by atomic mass is 19.1. The molecule has 0 radical (unpaired) electrons. The van der Waals surface area contributed by atoms with E-state index in [1.54, 1.807) is 35.4 Å². The smallest absolute Gasteiger partial charge is 0.272 e. The van der Waals surface area contributed by atoms with Crippen molar-refractivity contribution < 1.29 is 18.7 Å². The number of halogens is 1. The molecule has 1 aromatic carbocycles. The lowest BCUT2D eigenvalue weighted by Crippen LogP contribution is -2.47. The molecular formula is C19H20FN3O3. The summed E-state index contributed by atoms with van der Waals surface area (Å²) in [5.74, 6) is -0.907. The molecule has 2 aliphatic rings. The molecule has 1 N–H and O–H groups in total. The number of rotatable bonds is 3. The normalized spacial score (nSPS) is 18.9. The maximum Gasteiger partial charge on any atom is 0.272 e. The SMILES string of the molecule is O=C(c1cc(Nc2ccc(F)cc2)ccn1)N1CCC2(CC1)OCCO2. The Labute approximate surface area is 150 Å². The fourth-order valence-corrected chi connectivity index (χ4v) is 3.32. The quantitative estimate of drug-likeness (QED) is 0.915. The van der Waals surface area contributed by atoms with Crippen molar-refractivity contribution in [2.24, 2.45) is 0 Å². The van der Waals surface area contributed by atoms with Gasteiger partial charge >= 0.3 is 0 Å². The van der Waals surface area contributed by atoms with Crippen molar-refractivity contribution in [1.82, 2.24) is 9.88 Å². The number of ether oxygens (including phenoxy) is 2. The van der Waals surface area contributed by atoms with Gasteiger partial charge in [-0.05, 0) is 36.4 Å². The summed E-state index contributed by atoms with van der Waals surface area (Å²) >= 11 is 0. The maximum atomic E-state index is 13.0. The highest BCUT2D eigenvalue weighted by Gasteiger charge is 2.41. The monoisotopic (exact) mass is 357 g/mol. The van der Waals surface area contributed by atoms with Gasteiger partial charge < -0.3 is 19.7 Å². The van der Waals surface area contributed by atoms with Crippen molar-refractivity contribution in [2.45, 2.75) is 18.6 Å². The number of piperidine rings is 1. The molecule has 1 aromatic heterocycles. The van der Waals surface area contributed by atoms with Gasteiger partial charge in [0.15, 0.2) is 5.79 Å². The Bertz CT molecular complexity index is 781. The maximum absolute atomic E-state index is 13.0. The van der Waals surface area contributed by atoms with Gasteiger partial charge in [0.05, 0.1) is 13.2 Å². The number of nitrogens with zero attached hydrogens (tertiary/aromatic N) is 2. The lowest BCUT2D eigenvalue weighted by molar-refractivity contribution is -0.181. The highest BCUT2D eigenvalue weighted by molar-refractivity contribution is 5.93. The second-order valence-corrected chi connectivity index (χ2v) is 6.46. The molecule has 4 rings (SSSR count). The first-order valence-electron chi connectivity index (χ1n) is 8.69. The van der Waals surface area contributed by atoms with Crippen LogP contribution in [-0.4, -0.2) is 47.9 Å². The molecule has 0 atom stereocenters. The fourth-order valence-electron chi connectivity index (χ4n) is 3.32. The average molecular weight is 357 g/mol. The molecule has 3 heterocycles. The standard InChI is InChI=1S/C19H20FN3O3/c20-14-1-3-15(4-2-14)22-16-5-8-21-17(13-16)18(24)23-9-6-19(7-10-23)25-11-12-26-19/h1-5,8,13H,6-7,9-12H2,(H,21,22). The number of carbonyl (C=O) groups excluding carboxylic acids is 1. The molecule has 2 fully saturated rings. The molecule has 2 aliphatic heterocycles. The zero-order valence-corrected chi connectivity index (χ0v) is 14.3. The number of aromatic nitrogens is 1. The lowest BCUT2D eigenvalue weighted by Gasteiger charge is -2.37. The summed E-state index contributed by atoms with van der Waals surface area (Å²) in [6.45, 7) is 2.39. The second kappa shape index (κ2) is 7.01. The van der Waals surface area contributed by atoms with Crippen LogP contribution >= 0.6 is 0 Å². The van der Waals surface area contributed by atoms with E-state index >= 15 is 0 Å². The topological polar surface area (TPSA) is 63.7 Å². The summed E-state index contributed by atoms with van der Waals surface area (Å²) in [6.07, 6.45) is 2.94. The molecular weight excluding hydrogens is 337 g/mol. The Balaban J connectivity index is 1.42. The number of hydrogen-bond donors (Lipinski definition) is 1. The predicted molar refractivity (Wildman–Crippen MR) is 93.7 cm³/mol. The number of anilines is 2. The number of carbonyl (C=O) groups is 1. The van der Waals surface area contributed by atoms with Crippen LogP contribution in [0.3, 0.4) is 0 Å². The number of hydrogen-bond acceptors (Lipinski definition) is 5. The summed E-state index contributed by atoms with van der Waals surface area (Å²) < 4.78 is 24.4. The van der Waals surface area contributed by atoms with E-state index in [-0.39, 0.29) is 11.7 Å². The van der Waals surface area contributed by atoms with Crippen molar-refractivity contribution >= 4 is 17.3 Å². The van der Waals surface area contributed by atoms with Crippen LogP contribution in [0.25, 0.3) is 0 Å². The van der Waals surface area contributed by atoms with Gasteiger partial charge in [-0.1, -0.05) is 0 Å². The first-order chi connectivity index (χ1) is 12.6. The number of likely N-dealkylation sites (tertiary alicyclic amines) is 1. The van der Waals surface area contributed by atoms with Gasteiger partial charge in [0.2, 0.25) is 0 Å². The van der Waals surface area contributed by atoms with Crippen LogP contribution in [0.15, 0.2) is 42.6 Å². The Morgan fingerprint density at radius 3 is 2.46 bits per heavy atom. The van der Waals surface area contributed by atoms with Gasteiger partial charge in [0.25, 0.3) is 5.91 Å². The molecule has 1 amide bonds. The van der Waals surface area contributed by atoms with E-state index in [4.69, 9.17) is 9.47 Å². The minimum absolute atomic E-state index is 0.111. The first kappa shape index (κ1) is 16.9. The molecule has 0 saturated carbocycles. The minimum atomic E-state index is -0.504. The van der Waals surface area contributed by atoms with Crippen LogP contribution in [0.1, 0.15) is 23.3 Å². The van der Waals surface area contributed by atoms with Crippen LogP contribution in [-0.2, 0) is 9.47 Å². The fraction of sp³-hybridized carbons (Fsp3) is 0.368. The molecule has 2 saturated heterocycles. The van der Waals surface area contributed by atoms with Crippen molar-refractivity contribution in [3.8, 4) is 0 Å². The third-order valence-corrected chi connectivity index (χ3v) is 4.74. The van der Waals surface area contributed by atoms with Crippen LogP contribution in [0.4, 0.5) is 15.8 Å². The zero-order chi connectivity index (χ0) is 18.0. The number of pyridine rings is 1. The van der Waals surface area contributed by atoms with E-state index in [0.717, 1.165) is 11.4 Å². The van der Waals surface area contributed by atoms with E-state index in [1.807, 2.05) is 0 Å². The Morgan fingerprint density at radius 2 is 1.77 bits per heavy atom. The Kier molecular flexibility index (Phi) is 4.57. The predicted octanol–water partition coefficient (Wildman–Crippen LogP) is 2.94. The minimum Gasteiger partial charge on any atom is -0.355 e. The molecule has 7 heteroatoms. The van der Waals surface area contributed by atoms with Gasteiger partial charge in [-0.25, -0.2) is 4.39 Å². The number of amides is 1. The van der Waals surface area contributed by atoms with Gasteiger partial charge in [-0.2, -0.15) is 0 Å². The van der Waals surface area contributed by atoms with E-state index in [9.17, 15) is 9.18 Å². The van der Waals surface area contributed by atoms with E-state index in [1.165, 1.54) is 12.1 Å². The van der Waals surface area contributed by atoms with Gasteiger partial charge in [-0.3, -0.25) is 9.78 Å². The van der Waals surface area contributed by atoms with Crippen LogP contribution in [0.2, 0.25) is 0 Å². The van der Waals surface area contributed by atoms with E-state index in [2.05, 4.69) is 10.3 Å². The summed E-state index contributed by atoms with van der Waals surface area (Å²) in [6, 6.07) is 9.52. The second-order valence-electron chi connectivity index (χ2n) is 6.46. The van der Waals surface area contributed by atoms with E-state index in [0.29, 0.717) is 44.8 Å². The summed E-state index contributed by atoms with van der Waals surface area (Å²) in [4.78, 5) is 18.7. The molecule has 0 unspecified atom stereocenters. The lowest BCUT2D eigenvalue weighted by atomic mass is 10.0. The average Bonchev–Trinajstić information content (AvgIpc) is 3.12.